The van der Waals surface area contributed by atoms with Gasteiger partial charge in [-0.1, -0.05) is 71.8 Å². The highest BCUT2D eigenvalue weighted by Gasteiger charge is 2.23. The molecule has 0 aliphatic rings. The highest BCUT2D eigenvalue weighted by molar-refractivity contribution is 6.30. The predicted molar refractivity (Wildman–Crippen MR) is 108 cm³/mol. The van der Waals surface area contributed by atoms with E-state index in [0.717, 1.165) is 16.7 Å². The van der Waals surface area contributed by atoms with Gasteiger partial charge in [0.2, 0.25) is 5.89 Å². The fraction of sp³-hybridized carbons (Fsp3) is 0.0870. The van der Waals surface area contributed by atoms with E-state index in [1.54, 1.807) is 24.3 Å². The Kier molecular flexibility index (Phi) is 4.80. The van der Waals surface area contributed by atoms with Gasteiger partial charge < -0.3 is 9.52 Å². The summed E-state index contributed by atoms with van der Waals surface area (Å²) in [6, 6.07) is 24.7. The number of aliphatic hydroxyl groups excluding tert-OH is 1. The second-order valence-corrected chi connectivity index (χ2v) is 6.86. The Morgan fingerprint density at radius 2 is 1.52 bits per heavy atom. The molecule has 3 nitrogen and oxygen atoms in total. The Bertz CT molecular complexity index is 1040. The first kappa shape index (κ1) is 17.5. The molecule has 4 heteroatoms. The quantitative estimate of drug-likeness (QED) is 0.472. The number of oxazole rings is 1. The summed E-state index contributed by atoms with van der Waals surface area (Å²) in [6.45, 7) is 2.03. The largest absolute Gasteiger partial charge is 0.436 e. The van der Waals surface area contributed by atoms with E-state index < -0.39 is 6.10 Å². The summed E-state index contributed by atoms with van der Waals surface area (Å²) >= 11 is 5.97. The molecule has 27 heavy (non-hydrogen) atoms. The first-order chi connectivity index (χ1) is 13.1. The Hall–Kier alpha value is -2.88. The fourth-order valence-corrected chi connectivity index (χ4v) is 3.06. The van der Waals surface area contributed by atoms with Gasteiger partial charge in [-0.05, 0) is 36.8 Å². The van der Waals surface area contributed by atoms with Gasteiger partial charge in [0.05, 0.1) is 0 Å². The van der Waals surface area contributed by atoms with Crippen molar-refractivity contribution >= 4 is 11.6 Å². The number of halogens is 1. The van der Waals surface area contributed by atoms with Gasteiger partial charge in [-0.15, -0.1) is 0 Å². The SMILES string of the molecule is Cc1ccc(-c2oc(-c3ccccc3)nc2C(O)c2ccc(Cl)cc2)cc1. The Labute approximate surface area is 162 Å². The third kappa shape index (κ3) is 3.65. The lowest BCUT2D eigenvalue weighted by Gasteiger charge is -2.10. The summed E-state index contributed by atoms with van der Waals surface area (Å²) in [7, 11) is 0. The van der Waals surface area contributed by atoms with Crippen LogP contribution in [-0.4, -0.2) is 10.1 Å². The van der Waals surface area contributed by atoms with Gasteiger partial charge in [0, 0.05) is 16.1 Å². The average Bonchev–Trinajstić information content (AvgIpc) is 3.15. The number of aryl methyl sites for hydroxylation is 1. The van der Waals surface area contributed by atoms with E-state index in [9.17, 15) is 5.11 Å². The van der Waals surface area contributed by atoms with Gasteiger partial charge in [-0.25, -0.2) is 4.98 Å². The van der Waals surface area contributed by atoms with E-state index in [2.05, 4.69) is 4.98 Å². The van der Waals surface area contributed by atoms with Crippen LogP contribution in [0.25, 0.3) is 22.8 Å². The molecule has 4 aromatic rings. The molecule has 1 atom stereocenters. The minimum atomic E-state index is -0.917. The van der Waals surface area contributed by atoms with Gasteiger partial charge >= 0.3 is 0 Å². The molecular formula is C23H18ClNO2. The third-order valence-electron chi connectivity index (χ3n) is 4.43. The van der Waals surface area contributed by atoms with Crippen molar-refractivity contribution in [1.82, 2.24) is 4.98 Å². The monoisotopic (exact) mass is 375 g/mol. The number of hydrogen-bond donors (Lipinski definition) is 1. The highest BCUT2D eigenvalue weighted by atomic mass is 35.5. The van der Waals surface area contributed by atoms with E-state index >= 15 is 0 Å². The molecule has 3 aromatic carbocycles. The second-order valence-electron chi connectivity index (χ2n) is 6.42. The van der Waals surface area contributed by atoms with Crippen molar-refractivity contribution in [3.05, 3.63) is 101 Å². The molecule has 0 saturated carbocycles. The van der Waals surface area contributed by atoms with Crippen LogP contribution in [0.1, 0.15) is 22.9 Å². The summed E-state index contributed by atoms with van der Waals surface area (Å²) < 4.78 is 6.10. The van der Waals surface area contributed by atoms with Crippen molar-refractivity contribution in [2.24, 2.45) is 0 Å². The maximum Gasteiger partial charge on any atom is 0.227 e. The topological polar surface area (TPSA) is 46.3 Å². The van der Waals surface area contributed by atoms with E-state index in [1.165, 1.54) is 0 Å². The maximum absolute atomic E-state index is 11.0. The second kappa shape index (κ2) is 7.39. The zero-order valence-corrected chi connectivity index (χ0v) is 15.5. The Morgan fingerprint density at radius 3 is 2.19 bits per heavy atom. The number of rotatable bonds is 4. The van der Waals surface area contributed by atoms with Gasteiger partial charge in [0.15, 0.2) is 5.76 Å². The van der Waals surface area contributed by atoms with Crippen LogP contribution in [-0.2, 0) is 0 Å². The molecule has 0 radical (unpaired) electrons. The van der Waals surface area contributed by atoms with Crippen LogP contribution in [0.4, 0.5) is 0 Å². The standard InChI is InChI=1S/C23H18ClNO2/c1-15-7-9-17(10-8-15)22-20(21(26)16-11-13-19(24)14-12-16)25-23(27-22)18-5-3-2-4-6-18/h2-14,21,26H,1H3. The zero-order chi connectivity index (χ0) is 18.8. The average molecular weight is 376 g/mol. The number of aliphatic hydroxyl groups is 1. The molecule has 0 spiro atoms. The van der Waals surface area contributed by atoms with Crippen molar-refractivity contribution in [3.8, 4) is 22.8 Å². The van der Waals surface area contributed by atoms with Gasteiger partial charge in [-0.2, -0.15) is 0 Å². The number of benzene rings is 3. The van der Waals surface area contributed by atoms with Crippen molar-refractivity contribution in [2.45, 2.75) is 13.0 Å². The Balaban J connectivity index is 1.84. The lowest BCUT2D eigenvalue weighted by molar-refractivity contribution is 0.216. The van der Waals surface area contributed by atoms with Gasteiger partial charge in [0.1, 0.15) is 11.8 Å². The van der Waals surface area contributed by atoms with E-state index in [1.807, 2.05) is 61.5 Å². The molecule has 1 aromatic heterocycles. The third-order valence-corrected chi connectivity index (χ3v) is 4.68. The maximum atomic E-state index is 11.0. The van der Waals surface area contributed by atoms with Crippen LogP contribution in [0.3, 0.4) is 0 Å². The van der Waals surface area contributed by atoms with E-state index in [4.69, 9.17) is 16.0 Å². The van der Waals surface area contributed by atoms with Crippen molar-refractivity contribution in [1.29, 1.82) is 0 Å². The van der Waals surface area contributed by atoms with Crippen LogP contribution < -0.4 is 0 Å². The molecule has 0 amide bonds. The summed E-state index contributed by atoms with van der Waals surface area (Å²) in [6.07, 6.45) is -0.917. The lowest BCUT2D eigenvalue weighted by atomic mass is 10.0. The number of hydrogen-bond acceptors (Lipinski definition) is 3. The lowest BCUT2D eigenvalue weighted by Crippen LogP contribution is -2.02. The fourth-order valence-electron chi connectivity index (χ4n) is 2.94. The molecule has 0 saturated heterocycles. The molecular weight excluding hydrogens is 358 g/mol. The minimum Gasteiger partial charge on any atom is -0.436 e. The molecule has 0 bridgehead atoms. The summed E-state index contributed by atoms with van der Waals surface area (Å²) in [5, 5.41) is 11.6. The Morgan fingerprint density at radius 1 is 0.852 bits per heavy atom. The predicted octanol–water partition coefficient (Wildman–Crippen LogP) is 6.05. The molecule has 0 aliphatic heterocycles. The van der Waals surface area contributed by atoms with Gasteiger partial charge in [0.25, 0.3) is 0 Å². The van der Waals surface area contributed by atoms with Crippen molar-refractivity contribution in [2.75, 3.05) is 0 Å². The first-order valence-corrected chi connectivity index (χ1v) is 9.06. The van der Waals surface area contributed by atoms with Crippen molar-refractivity contribution < 1.29 is 9.52 Å². The molecule has 4 rings (SSSR count). The zero-order valence-electron chi connectivity index (χ0n) is 14.8. The minimum absolute atomic E-state index is 0.481. The van der Waals surface area contributed by atoms with Crippen LogP contribution in [0.15, 0.2) is 83.3 Å². The molecule has 0 aliphatic carbocycles. The molecule has 0 fully saturated rings. The molecule has 1 heterocycles. The smallest absolute Gasteiger partial charge is 0.227 e. The summed E-state index contributed by atoms with van der Waals surface area (Å²) in [4.78, 5) is 4.63. The normalized spacial score (nSPS) is 12.1. The summed E-state index contributed by atoms with van der Waals surface area (Å²) in [5.74, 6) is 1.05. The molecule has 134 valence electrons. The highest BCUT2D eigenvalue weighted by Crippen LogP contribution is 2.35. The van der Waals surface area contributed by atoms with Crippen molar-refractivity contribution in [3.63, 3.8) is 0 Å². The van der Waals surface area contributed by atoms with Crippen LogP contribution >= 0.6 is 11.6 Å². The molecule has 1 unspecified atom stereocenters. The van der Waals surface area contributed by atoms with E-state index in [-0.39, 0.29) is 0 Å². The van der Waals surface area contributed by atoms with E-state index in [0.29, 0.717) is 27.9 Å². The van der Waals surface area contributed by atoms with Gasteiger partial charge in [-0.3, -0.25) is 0 Å². The van der Waals surface area contributed by atoms with Crippen LogP contribution in [0.5, 0.6) is 0 Å². The first-order valence-electron chi connectivity index (χ1n) is 8.68. The number of aromatic nitrogens is 1. The van der Waals surface area contributed by atoms with Crippen LogP contribution in [0.2, 0.25) is 5.02 Å². The molecule has 1 N–H and O–H groups in total. The summed E-state index contributed by atoms with van der Waals surface area (Å²) in [5.41, 5.74) is 4.08. The number of nitrogens with zero attached hydrogens (tertiary/aromatic N) is 1. The van der Waals surface area contributed by atoms with Crippen LogP contribution in [0, 0.1) is 6.92 Å².